The van der Waals surface area contributed by atoms with E-state index in [9.17, 15) is 4.79 Å². The first-order valence-corrected chi connectivity index (χ1v) is 6.96. The molecule has 0 saturated carbocycles. The van der Waals surface area contributed by atoms with Crippen molar-refractivity contribution in [1.29, 1.82) is 0 Å². The molecule has 2 aromatic rings. The number of anilines is 1. The largest absolute Gasteiger partial charge is 0.497 e. The minimum absolute atomic E-state index is 0.0353. The fourth-order valence-corrected chi connectivity index (χ4v) is 1.99. The Kier molecular flexibility index (Phi) is 5.79. The second-order valence-corrected chi connectivity index (χ2v) is 4.69. The number of hydrogen-bond acceptors (Lipinski definition) is 3. The van der Waals surface area contributed by atoms with E-state index in [0.29, 0.717) is 6.54 Å². The van der Waals surface area contributed by atoms with Gasteiger partial charge in [-0.15, -0.1) is 0 Å². The molecule has 0 aliphatic carbocycles. The van der Waals surface area contributed by atoms with Crippen molar-refractivity contribution < 1.29 is 9.53 Å². The molecule has 110 valence electrons. The second kappa shape index (κ2) is 8.07. The first-order chi connectivity index (χ1) is 10.3. The summed E-state index contributed by atoms with van der Waals surface area (Å²) < 4.78 is 5.18. The Hall–Kier alpha value is -2.33. The molecule has 4 heteroatoms. The third-order valence-corrected chi connectivity index (χ3v) is 3.07. The first kappa shape index (κ1) is 15.1. The number of nitrogens with one attached hydrogen (secondary N) is 2. The highest BCUT2D eigenvalue weighted by atomic mass is 16.5. The van der Waals surface area contributed by atoms with Crippen LogP contribution in [0.1, 0.15) is 5.56 Å². The quantitative estimate of drug-likeness (QED) is 0.768. The molecule has 0 aliphatic rings. The van der Waals surface area contributed by atoms with Crippen LogP contribution in [-0.4, -0.2) is 26.1 Å². The third-order valence-electron chi connectivity index (χ3n) is 3.07. The van der Waals surface area contributed by atoms with Crippen LogP contribution in [0.5, 0.6) is 5.75 Å². The number of hydrogen-bond donors (Lipinski definition) is 2. The summed E-state index contributed by atoms with van der Waals surface area (Å²) in [5.41, 5.74) is 2.00. The SMILES string of the molecule is COc1cccc(CCNCC(=O)Nc2ccccc2)c1. The van der Waals surface area contributed by atoms with Crippen molar-refractivity contribution in [3.05, 3.63) is 60.2 Å². The van der Waals surface area contributed by atoms with Crippen LogP contribution in [0.3, 0.4) is 0 Å². The highest BCUT2D eigenvalue weighted by Gasteiger charge is 2.01. The van der Waals surface area contributed by atoms with Gasteiger partial charge >= 0.3 is 0 Å². The van der Waals surface area contributed by atoms with Gasteiger partial charge in [0.1, 0.15) is 5.75 Å². The van der Waals surface area contributed by atoms with Gasteiger partial charge in [0.2, 0.25) is 5.91 Å². The van der Waals surface area contributed by atoms with E-state index in [1.807, 2.05) is 54.6 Å². The van der Waals surface area contributed by atoms with Crippen LogP contribution >= 0.6 is 0 Å². The minimum Gasteiger partial charge on any atom is -0.497 e. The van der Waals surface area contributed by atoms with Crippen LogP contribution in [0.15, 0.2) is 54.6 Å². The number of carbonyl (C=O) groups is 1. The van der Waals surface area contributed by atoms with E-state index in [2.05, 4.69) is 10.6 Å². The van der Waals surface area contributed by atoms with E-state index >= 15 is 0 Å². The summed E-state index contributed by atoms with van der Waals surface area (Å²) >= 11 is 0. The van der Waals surface area contributed by atoms with Gasteiger partial charge in [-0.2, -0.15) is 0 Å². The maximum Gasteiger partial charge on any atom is 0.238 e. The Morgan fingerprint density at radius 2 is 1.90 bits per heavy atom. The molecule has 0 radical (unpaired) electrons. The van der Waals surface area contributed by atoms with Gasteiger partial charge in [-0.1, -0.05) is 30.3 Å². The standard InChI is InChI=1S/C17H20N2O2/c1-21-16-9-5-6-14(12-16)10-11-18-13-17(20)19-15-7-3-2-4-8-15/h2-9,12,18H,10-11,13H2,1H3,(H,19,20). The molecule has 2 rings (SSSR count). The Bertz CT molecular complexity index is 570. The predicted molar refractivity (Wildman–Crippen MR) is 84.6 cm³/mol. The van der Waals surface area contributed by atoms with Crippen molar-refractivity contribution >= 4 is 11.6 Å². The average molecular weight is 284 g/mol. The number of benzene rings is 2. The Balaban J connectivity index is 1.68. The van der Waals surface area contributed by atoms with Crippen molar-refractivity contribution in [1.82, 2.24) is 5.32 Å². The lowest BCUT2D eigenvalue weighted by Crippen LogP contribution is -2.29. The van der Waals surface area contributed by atoms with E-state index in [0.717, 1.165) is 24.4 Å². The van der Waals surface area contributed by atoms with Gasteiger partial charge in [0, 0.05) is 5.69 Å². The van der Waals surface area contributed by atoms with Gasteiger partial charge in [0.15, 0.2) is 0 Å². The summed E-state index contributed by atoms with van der Waals surface area (Å²) in [7, 11) is 1.66. The third kappa shape index (κ3) is 5.28. The maximum atomic E-state index is 11.7. The normalized spacial score (nSPS) is 10.1. The van der Waals surface area contributed by atoms with Crippen molar-refractivity contribution in [3.63, 3.8) is 0 Å². The highest BCUT2D eigenvalue weighted by molar-refractivity contribution is 5.92. The van der Waals surface area contributed by atoms with Crippen LogP contribution in [-0.2, 0) is 11.2 Å². The lowest BCUT2D eigenvalue weighted by Gasteiger charge is -2.07. The van der Waals surface area contributed by atoms with Gasteiger partial charge in [0.25, 0.3) is 0 Å². The number of methoxy groups -OCH3 is 1. The second-order valence-electron chi connectivity index (χ2n) is 4.69. The molecule has 0 heterocycles. The van der Waals surface area contributed by atoms with E-state index in [1.54, 1.807) is 7.11 Å². The van der Waals surface area contributed by atoms with Gasteiger partial charge in [0.05, 0.1) is 13.7 Å². The van der Waals surface area contributed by atoms with Gasteiger partial charge in [-0.3, -0.25) is 4.79 Å². The molecule has 4 nitrogen and oxygen atoms in total. The van der Waals surface area contributed by atoms with Crippen molar-refractivity contribution in [2.45, 2.75) is 6.42 Å². The molecule has 2 aromatic carbocycles. The molecule has 0 aromatic heterocycles. The monoisotopic (exact) mass is 284 g/mol. The molecule has 21 heavy (non-hydrogen) atoms. The summed E-state index contributed by atoms with van der Waals surface area (Å²) in [4.78, 5) is 11.7. The fraction of sp³-hybridized carbons (Fsp3) is 0.235. The Morgan fingerprint density at radius 1 is 1.10 bits per heavy atom. The molecule has 0 saturated heterocycles. The summed E-state index contributed by atoms with van der Waals surface area (Å²) in [6.45, 7) is 1.05. The summed E-state index contributed by atoms with van der Waals surface area (Å²) in [6, 6.07) is 17.4. The number of ether oxygens (including phenoxy) is 1. The molecule has 0 atom stereocenters. The summed E-state index contributed by atoms with van der Waals surface area (Å²) in [6.07, 6.45) is 0.857. The molecular formula is C17H20N2O2. The molecule has 1 amide bonds. The number of amides is 1. The number of carbonyl (C=O) groups excluding carboxylic acids is 1. The summed E-state index contributed by atoms with van der Waals surface area (Å²) in [5, 5.41) is 5.98. The van der Waals surface area contributed by atoms with Crippen molar-refractivity contribution in [3.8, 4) is 5.75 Å². The Morgan fingerprint density at radius 3 is 2.67 bits per heavy atom. The summed E-state index contributed by atoms with van der Waals surface area (Å²) in [5.74, 6) is 0.821. The van der Waals surface area contributed by atoms with Gasteiger partial charge in [-0.05, 0) is 42.8 Å². The smallest absolute Gasteiger partial charge is 0.238 e. The van der Waals surface area contributed by atoms with Crippen LogP contribution in [0.25, 0.3) is 0 Å². The van der Waals surface area contributed by atoms with Gasteiger partial charge in [-0.25, -0.2) is 0 Å². The zero-order chi connectivity index (χ0) is 14.9. The molecular weight excluding hydrogens is 264 g/mol. The van der Waals surface area contributed by atoms with Crippen LogP contribution in [0, 0.1) is 0 Å². The highest BCUT2D eigenvalue weighted by Crippen LogP contribution is 2.12. The molecule has 0 bridgehead atoms. The molecule has 0 unspecified atom stereocenters. The van der Waals surface area contributed by atoms with Crippen LogP contribution in [0.4, 0.5) is 5.69 Å². The molecule has 0 aliphatic heterocycles. The zero-order valence-corrected chi connectivity index (χ0v) is 12.1. The molecule has 0 spiro atoms. The molecule has 2 N–H and O–H groups in total. The lowest BCUT2D eigenvalue weighted by molar-refractivity contribution is -0.115. The van der Waals surface area contributed by atoms with E-state index in [4.69, 9.17) is 4.74 Å². The number of rotatable bonds is 7. The average Bonchev–Trinajstić information content (AvgIpc) is 2.53. The maximum absolute atomic E-state index is 11.7. The number of para-hydroxylation sites is 1. The van der Waals surface area contributed by atoms with E-state index < -0.39 is 0 Å². The van der Waals surface area contributed by atoms with Gasteiger partial charge < -0.3 is 15.4 Å². The van der Waals surface area contributed by atoms with Crippen molar-refractivity contribution in [2.75, 3.05) is 25.5 Å². The molecule has 0 fully saturated rings. The van der Waals surface area contributed by atoms with Crippen molar-refractivity contribution in [2.24, 2.45) is 0 Å². The van der Waals surface area contributed by atoms with Crippen LogP contribution < -0.4 is 15.4 Å². The fourth-order valence-electron chi connectivity index (χ4n) is 1.99. The predicted octanol–water partition coefficient (Wildman–Crippen LogP) is 2.47. The topological polar surface area (TPSA) is 50.4 Å². The van der Waals surface area contributed by atoms with Crippen LogP contribution in [0.2, 0.25) is 0 Å². The zero-order valence-electron chi connectivity index (χ0n) is 12.1. The Labute approximate surface area is 125 Å². The van der Waals surface area contributed by atoms with E-state index in [-0.39, 0.29) is 5.91 Å². The lowest BCUT2D eigenvalue weighted by atomic mass is 10.1. The van der Waals surface area contributed by atoms with E-state index in [1.165, 1.54) is 5.56 Å². The minimum atomic E-state index is -0.0353. The first-order valence-electron chi connectivity index (χ1n) is 6.96.